The normalized spacial score (nSPS) is 21.3. The molecule has 1 aliphatic carbocycles. The van der Waals surface area contributed by atoms with Crippen LogP contribution in [-0.4, -0.2) is 12.8 Å². The molecule has 0 aromatic heterocycles. The number of carbonyl (C=O) groups is 1. The van der Waals surface area contributed by atoms with E-state index in [-0.39, 0.29) is 11.3 Å². The minimum atomic E-state index is -0.181. The van der Waals surface area contributed by atoms with Crippen LogP contribution in [0, 0.1) is 11.3 Å². The highest BCUT2D eigenvalue weighted by Gasteiger charge is 2.18. The van der Waals surface area contributed by atoms with Crippen LogP contribution in [0.2, 0.25) is 0 Å². The van der Waals surface area contributed by atoms with Gasteiger partial charge in [-0.1, -0.05) is 43.7 Å². The summed E-state index contributed by atoms with van der Waals surface area (Å²) in [5, 5.41) is 0. The SMILES string of the molecule is CC1=CC(C)(C)C=CC=C1C(C=O)CN. The van der Waals surface area contributed by atoms with Gasteiger partial charge in [0, 0.05) is 12.0 Å². The Morgan fingerprint density at radius 2 is 2.20 bits per heavy atom. The highest BCUT2D eigenvalue weighted by molar-refractivity contribution is 5.63. The maximum absolute atomic E-state index is 10.9. The Morgan fingerprint density at radius 1 is 1.53 bits per heavy atom. The van der Waals surface area contributed by atoms with Gasteiger partial charge < -0.3 is 10.5 Å². The highest BCUT2D eigenvalue weighted by atomic mass is 16.1. The zero-order chi connectivity index (χ0) is 11.5. The number of hydrogen-bond donors (Lipinski definition) is 1. The van der Waals surface area contributed by atoms with Crippen molar-refractivity contribution in [1.29, 1.82) is 0 Å². The summed E-state index contributed by atoms with van der Waals surface area (Å²) < 4.78 is 0. The lowest BCUT2D eigenvalue weighted by molar-refractivity contribution is -0.109. The van der Waals surface area contributed by atoms with E-state index in [4.69, 9.17) is 5.73 Å². The average Bonchev–Trinajstić information content (AvgIpc) is 2.27. The third kappa shape index (κ3) is 2.90. The molecule has 0 spiro atoms. The van der Waals surface area contributed by atoms with Crippen LogP contribution in [0.5, 0.6) is 0 Å². The van der Waals surface area contributed by atoms with Crippen molar-refractivity contribution in [3.05, 3.63) is 35.5 Å². The molecule has 1 unspecified atom stereocenters. The lowest BCUT2D eigenvalue weighted by atomic mass is 9.88. The van der Waals surface area contributed by atoms with E-state index in [9.17, 15) is 4.79 Å². The Kier molecular flexibility index (Phi) is 3.64. The number of rotatable bonds is 3. The zero-order valence-electron chi connectivity index (χ0n) is 9.66. The molecule has 1 aliphatic rings. The number of carbonyl (C=O) groups excluding carboxylic acids is 1. The molecule has 0 saturated heterocycles. The number of aldehydes is 1. The summed E-state index contributed by atoms with van der Waals surface area (Å²) in [5.74, 6) is -0.181. The summed E-state index contributed by atoms with van der Waals surface area (Å²) in [4.78, 5) is 10.9. The predicted octanol–water partition coefficient (Wildman–Crippen LogP) is 2.23. The maximum atomic E-state index is 10.9. The second-order valence-electron chi connectivity index (χ2n) is 4.61. The van der Waals surface area contributed by atoms with E-state index in [1.807, 2.05) is 19.1 Å². The van der Waals surface area contributed by atoms with Gasteiger partial charge in [-0.25, -0.2) is 0 Å². The summed E-state index contributed by atoms with van der Waals surface area (Å²) in [5.41, 5.74) is 7.80. The molecule has 0 aromatic rings. The van der Waals surface area contributed by atoms with Crippen LogP contribution in [-0.2, 0) is 4.79 Å². The Morgan fingerprint density at radius 3 is 2.73 bits per heavy atom. The minimum Gasteiger partial charge on any atom is -0.329 e. The topological polar surface area (TPSA) is 43.1 Å². The molecule has 0 aliphatic heterocycles. The average molecular weight is 205 g/mol. The molecule has 0 amide bonds. The first-order valence-corrected chi connectivity index (χ1v) is 5.25. The van der Waals surface area contributed by atoms with Crippen molar-refractivity contribution in [2.45, 2.75) is 20.8 Å². The van der Waals surface area contributed by atoms with Gasteiger partial charge in [0.2, 0.25) is 0 Å². The molecule has 15 heavy (non-hydrogen) atoms. The van der Waals surface area contributed by atoms with Crippen LogP contribution in [0.3, 0.4) is 0 Å². The molecule has 2 N–H and O–H groups in total. The number of allylic oxidation sites excluding steroid dienone is 5. The van der Waals surface area contributed by atoms with Crippen molar-refractivity contribution in [1.82, 2.24) is 0 Å². The lowest BCUT2D eigenvalue weighted by Crippen LogP contribution is -2.18. The standard InChI is InChI=1S/C13H19NO/c1-10-7-13(2,3)6-4-5-12(10)11(8-14)9-15/h4-7,9,11H,8,14H2,1-3H3. The van der Waals surface area contributed by atoms with Gasteiger partial charge >= 0.3 is 0 Å². The van der Waals surface area contributed by atoms with Crippen molar-refractivity contribution in [3.8, 4) is 0 Å². The number of hydrogen-bond acceptors (Lipinski definition) is 2. The molecular formula is C13H19NO. The van der Waals surface area contributed by atoms with Crippen molar-refractivity contribution in [2.75, 3.05) is 6.54 Å². The van der Waals surface area contributed by atoms with E-state index < -0.39 is 0 Å². The largest absolute Gasteiger partial charge is 0.329 e. The molecule has 0 aromatic carbocycles. The van der Waals surface area contributed by atoms with E-state index >= 15 is 0 Å². The molecule has 0 bridgehead atoms. The fourth-order valence-corrected chi connectivity index (χ4v) is 1.89. The minimum absolute atomic E-state index is 0.0460. The molecule has 82 valence electrons. The second-order valence-corrected chi connectivity index (χ2v) is 4.61. The smallest absolute Gasteiger partial charge is 0.128 e. The molecule has 1 rings (SSSR count). The number of nitrogens with two attached hydrogens (primary N) is 1. The van der Waals surface area contributed by atoms with Crippen molar-refractivity contribution in [3.63, 3.8) is 0 Å². The van der Waals surface area contributed by atoms with Gasteiger partial charge in [0.15, 0.2) is 0 Å². The first-order chi connectivity index (χ1) is 7.00. The summed E-state index contributed by atoms with van der Waals surface area (Å²) >= 11 is 0. The highest BCUT2D eigenvalue weighted by Crippen LogP contribution is 2.29. The predicted molar refractivity (Wildman–Crippen MR) is 63.4 cm³/mol. The third-order valence-electron chi connectivity index (χ3n) is 2.66. The Balaban J connectivity index is 3.06. The quantitative estimate of drug-likeness (QED) is 0.718. The van der Waals surface area contributed by atoms with E-state index in [1.165, 1.54) is 0 Å². The maximum Gasteiger partial charge on any atom is 0.128 e. The van der Waals surface area contributed by atoms with Crippen LogP contribution in [0.15, 0.2) is 35.5 Å². The first-order valence-electron chi connectivity index (χ1n) is 5.25. The lowest BCUT2D eigenvalue weighted by Gasteiger charge is -2.17. The van der Waals surface area contributed by atoms with E-state index in [0.29, 0.717) is 6.54 Å². The first kappa shape index (κ1) is 11.9. The monoisotopic (exact) mass is 205 g/mol. The van der Waals surface area contributed by atoms with Gasteiger partial charge in [-0.05, 0) is 12.5 Å². The Hall–Kier alpha value is -1.15. The van der Waals surface area contributed by atoms with Gasteiger partial charge in [0.25, 0.3) is 0 Å². The van der Waals surface area contributed by atoms with Crippen LogP contribution < -0.4 is 5.73 Å². The van der Waals surface area contributed by atoms with Gasteiger partial charge in [-0.2, -0.15) is 0 Å². The second kappa shape index (κ2) is 4.58. The van der Waals surface area contributed by atoms with E-state index in [0.717, 1.165) is 17.4 Å². The van der Waals surface area contributed by atoms with E-state index in [2.05, 4.69) is 26.0 Å². The van der Waals surface area contributed by atoms with Crippen molar-refractivity contribution < 1.29 is 4.79 Å². The fourth-order valence-electron chi connectivity index (χ4n) is 1.89. The summed E-state index contributed by atoms with van der Waals surface area (Å²) in [6.45, 7) is 6.69. The van der Waals surface area contributed by atoms with Crippen LogP contribution in [0.25, 0.3) is 0 Å². The van der Waals surface area contributed by atoms with Crippen molar-refractivity contribution in [2.24, 2.45) is 17.1 Å². The van der Waals surface area contributed by atoms with Gasteiger partial charge in [0.1, 0.15) is 6.29 Å². The fraction of sp³-hybridized carbons (Fsp3) is 0.462. The Labute approximate surface area is 91.5 Å². The summed E-state index contributed by atoms with van der Waals surface area (Å²) in [7, 11) is 0. The molecule has 0 saturated carbocycles. The third-order valence-corrected chi connectivity index (χ3v) is 2.66. The molecule has 0 radical (unpaired) electrons. The Bertz CT molecular complexity index is 334. The van der Waals surface area contributed by atoms with Crippen LogP contribution in [0.1, 0.15) is 20.8 Å². The summed E-state index contributed by atoms with van der Waals surface area (Å²) in [6.07, 6.45) is 9.23. The van der Waals surface area contributed by atoms with Crippen LogP contribution in [0.4, 0.5) is 0 Å². The molecule has 2 nitrogen and oxygen atoms in total. The molecular weight excluding hydrogens is 186 g/mol. The van der Waals surface area contributed by atoms with Crippen LogP contribution >= 0.6 is 0 Å². The zero-order valence-corrected chi connectivity index (χ0v) is 9.66. The summed E-state index contributed by atoms with van der Waals surface area (Å²) in [6, 6.07) is 0. The molecule has 0 heterocycles. The van der Waals surface area contributed by atoms with Gasteiger partial charge in [0.05, 0.1) is 5.92 Å². The molecule has 0 fully saturated rings. The van der Waals surface area contributed by atoms with Gasteiger partial charge in [-0.15, -0.1) is 0 Å². The van der Waals surface area contributed by atoms with Crippen molar-refractivity contribution >= 4 is 6.29 Å². The van der Waals surface area contributed by atoms with Gasteiger partial charge in [-0.3, -0.25) is 0 Å². The molecule has 1 atom stereocenters. The van der Waals surface area contributed by atoms with E-state index in [1.54, 1.807) is 0 Å². The molecule has 2 heteroatoms.